The first-order valence-electron chi connectivity index (χ1n) is 7.36. The van der Waals surface area contributed by atoms with Gasteiger partial charge in [-0.25, -0.2) is 8.42 Å². The van der Waals surface area contributed by atoms with Crippen LogP contribution in [-0.4, -0.2) is 49.5 Å². The summed E-state index contributed by atoms with van der Waals surface area (Å²) in [6.45, 7) is 2.30. The molecule has 5 nitrogen and oxygen atoms in total. The number of carbonyl (C=O) groups excluding carboxylic acids is 1. The van der Waals surface area contributed by atoms with Gasteiger partial charge in [-0.3, -0.25) is 4.79 Å². The quantitative estimate of drug-likeness (QED) is 0.737. The van der Waals surface area contributed by atoms with Crippen LogP contribution in [0.1, 0.15) is 13.3 Å². The Labute approximate surface area is 146 Å². The Balaban J connectivity index is 1.65. The normalized spacial score (nSPS) is 20.9. The molecule has 1 N–H and O–H groups in total. The number of ether oxygens (including phenoxy) is 1. The Morgan fingerprint density at radius 2 is 2.13 bits per heavy atom. The molecule has 2 rings (SSSR count). The van der Waals surface area contributed by atoms with Gasteiger partial charge in [-0.1, -0.05) is 11.6 Å². The SMILES string of the molecule is C[C@@H](SCCOc1ccc(Cl)cc1)C(=O)N[C@H]1CCS(=O)(=O)C1. The van der Waals surface area contributed by atoms with Crippen LogP contribution in [0.5, 0.6) is 5.75 Å². The topological polar surface area (TPSA) is 72.5 Å². The molecular weight excluding hydrogens is 358 g/mol. The number of nitrogens with one attached hydrogen (secondary N) is 1. The second-order valence-corrected chi connectivity index (χ2v) is 9.54. The zero-order chi connectivity index (χ0) is 16.9. The summed E-state index contributed by atoms with van der Waals surface area (Å²) < 4.78 is 28.3. The maximum absolute atomic E-state index is 12.0. The molecule has 128 valence electrons. The van der Waals surface area contributed by atoms with Gasteiger partial charge < -0.3 is 10.1 Å². The van der Waals surface area contributed by atoms with Crippen LogP contribution in [0.3, 0.4) is 0 Å². The molecule has 1 heterocycles. The summed E-state index contributed by atoms with van der Waals surface area (Å²) in [4.78, 5) is 12.0. The Kier molecular flexibility index (Phi) is 6.61. The highest BCUT2D eigenvalue weighted by Gasteiger charge is 2.29. The molecule has 2 atom stereocenters. The standard InChI is InChI=1S/C15H20ClNO4S2/c1-11(15(18)17-13-6-9-23(19,20)10-13)22-8-7-21-14-4-2-12(16)3-5-14/h2-5,11,13H,6-10H2,1H3,(H,17,18)/t11-,13+/m1/s1. The van der Waals surface area contributed by atoms with Crippen molar-refractivity contribution in [3.05, 3.63) is 29.3 Å². The van der Waals surface area contributed by atoms with Crippen LogP contribution < -0.4 is 10.1 Å². The number of halogens is 1. The maximum Gasteiger partial charge on any atom is 0.233 e. The summed E-state index contributed by atoms with van der Waals surface area (Å²) in [5.41, 5.74) is 0. The third kappa shape index (κ3) is 6.24. The molecule has 1 aromatic carbocycles. The maximum atomic E-state index is 12.0. The lowest BCUT2D eigenvalue weighted by Gasteiger charge is -2.15. The van der Waals surface area contributed by atoms with E-state index in [-0.39, 0.29) is 28.7 Å². The zero-order valence-corrected chi connectivity index (χ0v) is 15.2. The summed E-state index contributed by atoms with van der Waals surface area (Å²) in [6, 6.07) is 6.86. The summed E-state index contributed by atoms with van der Waals surface area (Å²) in [5.74, 6) is 1.50. The van der Waals surface area contributed by atoms with Crippen LogP contribution in [0.2, 0.25) is 5.02 Å². The lowest BCUT2D eigenvalue weighted by Crippen LogP contribution is -2.40. The van der Waals surface area contributed by atoms with Crippen LogP contribution >= 0.6 is 23.4 Å². The highest BCUT2D eigenvalue weighted by Crippen LogP contribution is 2.17. The Bertz CT molecular complexity index is 633. The van der Waals surface area contributed by atoms with Gasteiger partial charge in [-0.05, 0) is 37.6 Å². The molecule has 1 fully saturated rings. The van der Waals surface area contributed by atoms with Crippen LogP contribution in [-0.2, 0) is 14.6 Å². The van der Waals surface area contributed by atoms with Crippen molar-refractivity contribution in [1.29, 1.82) is 0 Å². The number of sulfone groups is 1. The fraction of sp³-hybridized carbons (Fsp3) is 0.533. The first kappa shape index (κ1) is 18.4. The van der Waals surface area contributed by atoms with E-state index in [2.05, 4.69) is 5.32 Å². The van der Waals surface area contributed by atoms with E-state index < -0.39 is 9.84 Å². The summed E-state index contributed by atoms with van der Waals surface area (Å²) in [6.07, 6.45) is 0.505. The van der Waals surface area contributed by atoms with Crippen molar-refractivity contribution in [1.82, 2.24) is 5.32 Å². The van der Waals surface area contributed by atoms with E-state index in [1.54, 1.807) is 24.3 Å². The number of carbonyl (C=O) groups is 1. The molecule has 23 heavy (non-hydrogen) atoms. The number of amides is 1. The number of hydrogen-bond acceptors (Lipinski definition) is 5. The molecule has 1 aliphatic heterocycles. The molecular formula is C15H20ClNO4S2. The fourth-order valence-corrected chi connectivity index (χ4v) is 4.77. The molecule has 1 aromatic rings. The van der Waals surface area contributed by atoms with E-state index in [1.807, 2.05) is 6.92 Å². The minimum atomic E-state index is -2.97. The van der Waals surface area contributed by atoms with Gasteiger partial charge in [-0.15, -0.1) is 11.8 Å². The Hall–Kier alpha value is -0.920. The van der Waals surface area contributed by atoms with Crippen molar-refractivity contribution in [2.24, 2.45) is 0 Å². The molecule has 1 aliphatic rings. The Morgan fingerprint density at radius 3 is 2.74 bits per heavy atom. The van der Waals surface area contributed by atoms with Crippen LogP contribution in [0.25, 0.3) is 0 Å². The largest absolute Gasteiger partial charge is 0.493 e. The lowest BCUT2D eigenvalue weighted by atomic mass is 10.2. The number of hydrogen-bond donors (Lipinski definition) is 1. The average molecular weight is 378 g/mol. The van der Waals surface area contributed by atoms with E-state index in [0.29, 0.717) is 23.8 Å². The highest BCUT2D eigenvalue weighted by atomic mass is 35.5. The molecule has 0 saturated carbocycles. The van der Waals surface area contributed by atoms with Gasteiger partial charge in [-0.2, -0.15) is 0 Å². The molecule has 0 aliphatic carbocycles. The molecule has 0 bridgehead atoms. The number of rotatable bonds is 7. The second-order valence-electron chi connectivity index (χ2n) is 5.42. The predicted molar refractivity (Wildman–Crippen MR) is 94.1 cm³/mol. The van der Waals surface area contributed by atoms with Gasteiger partial charge in [0.05, 0.1) is 23.4 Å². The highest BCUT2D eigenvalue weighted by molar-refractivity contribution is 8.00. The summed E-state index contributed by atoms with van der Waals surface area (Å²) in [5, 5.41) is 3.22. The second kappa shape index (κ2) is 8.26. The van der Waals surface area contributed by atoms with Crippen LogP contribution in [0, 0.1) is 0 Å². The van der Waals surface area contributed by atoms with Gasteiger partial charge in [0.15, 0.2) is 9.84 Å². The minimum absolute atomic E-state index is 0.0514. The van der Waals surface area contributed by atoms with Gasteiger partial charge in [0, 0.05) is 16.8 Å². The minimum Gasteiger partial charge on any atom is -0.493 e. The molecule has 0 unspecified atom stereocenters. The van der Waals surface area contributed by atoms with Crippen LogP contribution in [0.4, 0.5) is 0 Å². The number of thioether (sulfide) groups is 1. The molecule has 0 spiro atoms. The van der Waals surface area contributed by atoms with E-state index in [9.17, 15) is 13.2 Å². The molecule has 1 saturated heterocycles. The zero-order valence-electron chi connectivity index (χ0n) is 12.8. The van der Waals surface area contributed by atoms with E-state index in [0.717, 1.165) is 5.75 Å². The van der Waals surface area contributed by atoms with Gasteiger partial charge in [0.1, 0.15) is 5.75 Å². The van der Waals surface area contributed by atoms with Crippen molar-refractivity contribution in [3.8, 4) is 5.75 Å². The van der Waals surface area contributed by atoms with Crippen molar-refractivity contribution < 1.29 is 17.9 Å². The van der Waals surface area contributed by atoms with Crippen molar-refractivity contribution in [2.75, 3.05) is 23.9 Å². The van der Waals surface area contributed by atoms with E-state index in [4.69, 9.17) is 16.3 Å². The van der Waals surface area contributed by atoms with Crippen LogP contribution in [0.15, 0.2) is 24.3 Å². The first-order valence-corrected chi connectivity index (χ1v) is 10.6. The van der Waals surface area contributed by atoms with Crippen molar-refractivity contribution in [2.45, 2.75) is 24.6 Å². The van der Waals surface area contributed by atoms with Crippen molar-refractivity contribution >= 4 is 39.1 Å². The smallest absolute Gasteiger partial charge is 0.233 e. The van der Waals surface area contributed by atoms with Crippen molar-refractivity contribution in [3.63, 3.8) is 0 Å². The Morgan fingerprint density at radius 1 is 1.43 bits per heavy atom. The van der Waals surface area contributed by atoms with Gasteiger partial charge in [0.25, 0.3) is 0 Å². The lowest BCUT2D eigenvalue weighted by molar-refractivity contribution is -0.120. The monoisotopic (exact) mass is 377 g/mol. The predicted octanol–water partition coefficient (Wildman–Crippen LogP) is 2.14. The molecule has 0 aromatic heterocycles. The number of benzene rings is 1. The fourth-order valence-electron chi connectivity index (χ4n) is 2.22. The van der Waals surface area contributed by atoms with E-state index >= 15 is 0 Å². The molecule has 0 radical (unpaired) electrons. The van der Waals surface area contributed by atoms with E-state index in [1.165, 1.54) is 11.8 Å². The third-order valence-electron chi connectivity index (χ3n) is 3.48. The first-order chi connectivity index (χ1) is 10.9. The molecule has 1 amide bonds. The third-order valence-corrected chi connectivity index (χ3v) is 6.62. The summed E-state index contributed by atoms with van der Waals surface area (Å²) in [7, 11) is -2.97. The average Bonchev–Trinajstić information content (AvgIpc) is 2.84. The van der Waals surface area contributed by atoms with Gasteiger partial charge >= 0.3 is 0 Å². The van der Waals surface area contributed by atoms with Gasteiger partial charge in [0.2, 0.25) is 5.91 Å². The molecule has 8 heteroatoms. The summed E-state index contributed by atoms with van der Waals surface area (Å²) >= 11 is 7.27.